The summed E-state index contributed by atoms with van der Waals surface area (Å²) in [6, 6.07) is 4.32. The molecule has 2 rings (SSSR count). The fourth-order valence-corrected chi connectivity index (χ4v) is 3.86. The number of nitrogens with zero attached hydrogens (tertiary/aromatic N) is 2. The lowest BCUT2D eigenvalue weighted by Gasteiger charge is -2.20. The molecule has 1 aromatic heterocycles. The summed E-state index contributed by atoms with van der Waals surface area (Å²) in [6.07, 6.45) is 1.62. The van der Waals surface area contributed by atoms with E-state index in [1.807, 2.05) is 11.3 Å². The van der Waals surface area contributed by atoms with Crippen molar-refractivity contribution in [3.05, 3.63) is 19.9 Å². The van der Waals surface area contributed by atoms with Gasteiger partial charge in [-0.15, -0.1) is 35.3 Å². The standard InChI is InChI=1S/C13H20IN3OS.HI/c1-2-15-13(17-8-6-10(18)9-17)16-7-5-11-3-4-12(14)19-11;/h3-4,10,18H,2,5-9H2,1H3,(H,15,16);1H/t10-;/m1./s1. The summed E-state index contributed by atoms with van der Waals surface area (Å²) < 4.78 is 1.33. The van der Waals surface area contributed by atoms with Gasteiger partial charge in [0.05, 0.1) is 8.99 Å². The van der Waals surface area contributed by atoms with Crippen molar-refractivity contribution in [2.45, 2.75) is 25.9 Å². The molecule has 1 aliphatic heterocycles. The Bertz CT molecular complexity index is 439. The van der Waals surface area contributed by atoms with E-state index in [2.05, 4.69) is 56.9 Å². The van der Waals surface area contributed by atoms with Crippen LogP contribution in [0.1, 0.15) is 18.2 Å². The van der Waals surface area contributed by atoms with Crippen LogP contribution >= 0.6 is 57.9 Å². The Morgan fingerprint density at radius 3 is 2.95 bits per heavy atom. The smallest absolute Gasteiger partial charge is 0.194 e. The number of aliphatic hydroxyl groups excluding tert-OH is 1. The molecule has 0 unspecified atom stereocenters. The first-order valence-electron chi connectivity index (χ1n) is 6.64. The summed E-state index contributed by atoms with van der Waals surface area (Å²) >= 11 is 4.18. The molecule has 0 amide bonds. The largest absolute Gasteiger partial charge is 0.391 e. The predicted molar refractivity (Wildman–Crippen MR) is 104 cm³/mol. The number of rotatable bonds is 4. The number of β-amino-alcohol motifs (C(OH)–C–C–N with tert-alkyl or cyclic N) is 1. The summed E-state index contributed by atoms with van der Waals surface area (Å²) in [6.45, 7) is 5.32. The van der Waals surface area contributed by atoms with Gasteiger partial charge in [0.25, 0.3) is 0 Å². The monoisotopic (exact) mass is 521 g/mol. The first-order chi connectivity index (χ1) is 9.19. The quantitative estimate of drug-likeness (QED) is 0.364. The van der Waals surface area contributed by atoms with Gasteiger partial charge in [0.15, 0.2) is 5.96 Å². The van der Waals surface area contributed by atoms with Gasteiger partial charge in [-0.3, -0.25) is 4.99 Å². The number of nitrogens with one attached hydrogen (secondary N) is 1. The van der Waals surface area contributed by atoms with Crippen LogP contribution in [0.5, 0.6) is 0 Å². The van der Waals surface area contributed by atoms with E-state index in [1.54, 1.807) is 0 Å². The van der Waals surface area contributed by atoms with E-state index in [1.165, 1.54) is 7.76 Å². The molecule has 1 aromatic rings. The Morgan fingerprint density at radius 1 is 1.60 bits per heavy atom. The summed E-state index contributed by atoms with van der Waals surface area (Å²) in [5, 5.41) is 12.9. The molecule has 0 aliphatic carbocycles. The lowest BCUT2D eigenvalue weighted by atomic mass is 10.3. The second-order valence-electron chi connectivity index (χ2n) is 4.58. The summed E-state index contributed by atoms with van der Waals surface area (Å²) in [5.41, 5.74) is 0. The maximum absolute atomic E-state index is 9.60. The van der Waals surface area contributed by atoms with E-state index < -0.39 is 0 Å². The molecule has 1 atom stereocenters. The molecule has 20 heavy (non-hydrogen) atoms. The van der Waals surface area contributed by atoms with Gasteiger partial charge in [0.1, 0.15) is 0 Å². The molecule has 7 heteroatoms. The first kappa shape index (κ1) is 18.4. The van der Waals surface area contributed by atoms with Gasteiger partial charge in [-0.05, 0) is 48.1 Å². The highest BCUT2D eigenvalue weighted by Gasteiger charge is 2.22. The average molecular weight is 521 g/mol. The van der Waals surface area contributed by atoms with E-state index in [0.29, 0.717) is 6.54 Å². The lowest BCUT2D eigenvalue weighted by Crippen LogP contribution is -2.40. The van der Waals surface area contributed by atoms with Crippen LogP contribution in [0.15, 0.2) is 17.1 Å². The fourth-order valence-electron chi connectivity index (χ4n) is 2.12. The zero-order valence-electron chi connectivity index (χ0n) is 11.5. The van der Waals surface area contributed by atoms with Gasteiger partial charge < -0.3 is 15.3 Å². The van der Waals surface area contributed by atoms with Crippen LogP contribution in [0.2, 0.25) is 0 Å². The minimum Gasteiger partial charge on any atom is -0.391 e. The summed E-state index contributed by atoms with van der Waals surface area (Å²) in [4.78, 5) is 8.18. The Morgan fingerprint density at radius 2 is 2.40 bits per heavy atom. The van der Waals surface area contributed by atoms with E-state index in [0.717, 1.165) is 38.4 Å². The molecule has 0 spiro atoms. The minimum atomic E-state index is -0.206. The van der Waals surface area contributed by atoms with Gasteiger partial charge in [0, 0.05) is 37.5 Å². The van der Waals surface area contributed by atoms with Crippen molar-refractivity contribution >= 4 is 63.9 Å². The summed E-state index contributed by atoms with van der Waals surface area (Å²) in [5.74, 6) is 0.935. The van der Waals surface area contributed by atoms with Crippen molar-refractivity contribution < 1.29 is 5.11 Å². The zero-order chi connectivity index (χ0) is 13.7. The van der Waals surface area contributed by atoms with Crippen LogP contribution in [0.25, 0.3) is 0 Å². The normalized spacial score (nSPS) is 19.1. The third kappa shape index (κ3) is 5.64. The maximum Gasteiger partial charge on any atom is 0.194 e. The average Bonchev–Trinajstić information content (AvgIpc) is 2.97. The lowest BCUT2D eigenvalue weighted by molar-refractivity contribution is 0.188. The van der Waals surface area contributed by atoms with Crippen molar-refractivity contribution in [3.8, 4) is 0 Å². The van der Waals surface area contributed by atoms with E-state index in [-0.39, 0.29) is 30.1 Å². The topological polar surface area (TPSA) is 47.9 Å². The third-order valence-corrected chi connectivity index (χ3v) is 5.00. The van der Waals surface area contributed by atoms with Crippen LogP contribution < -0.4 is 5.32 Å². The third-order valence-electron chi connectivity index (χ3n) is 3.05. The van der Waals surface area contributed by atoms with E-state index in [9.17, 15) is 5.11 Å². The fraction of sp³-hybridized carbons (Fsp3) is 0.615. The molecular weight excluding hydrogens is 500 g/mol. The highest BCUT2D eigenvalue weighted by atomic mass is 127. The number of hydrogen-bond acceptors (Lipinski definition) is 3. The second-order valence-corrected chi connectivity index (χ2v) is 7.64. The molecular formula is C13H21I2N3OS. The Hall–Kier alpha value is 0.390. The number of aliphatic hydroxyl groups is 1. The SMILES string of the molecule is CCNC(=NCCc1ccc(I)s1)N1CC[C@@H](O)C1.I. The van der Waals surface area contributed by atoms with Crippen LogP contribution in [0.4, 0.5) is 0 Å². The number of likely N-dealkylation sites (tertiary alicyclic amines) is 1. The van der Waals surface area contributed by atoms with Gasteiger partial charge in [-0.1, -0.05) is 0 Å². The molecule has 0 saturated carbocycles. The minimum absolute atomic E-state index is 0. The Kier molecular flexibility index (Phi) is 8.68. The number of hydrogen-bond donors (Lipinski definition) is 2. The molecule has 1 saturated heterocycles. The van der Waals surface area contributed by atoms with Crippen molar-refractivity contribution in [3.63, 3.8) is 0 Å². The van der Waals surface area contributed by atoms with Crippen LogP contribution in [-0.2, 0) is 6.42 Å². The van der Waals surface area contributed by atoms with Gasteiger partial charge in [0.2, 0.25) is 0 Å². The zero-order valence-corrected chi connectivity index (χ0v) is 16.8. The molecule has 2 heterocycles. The van der Waals surface area contributed by atoms with Crippen molar-refractivity contribution in [1.82, 2.24) is 10.2 Å². The number of guanidine groups is 1. The van der Waals surface area contributed by atoms with Crippen LogP contribution in [0.3, 0.4) is 0 Å². The van der Waals surface area contributed by atoms with E-state index in [4.69, 9.17) is 0 Å². The van der Waals surface area contributed by atoms with Crippen molar-refractivity contribution in [1.29, 1.82) is 0 Å². The van der Waals surface area contributed by atoms with Crippen molar-refractivity contribution in [2.24, 2.45) is 4.99 Å². The van der Waals surface area contributed by atoms with E-state index >= 15 is 0 Å². The molecule has 0 radical (unpaired) electrons. The maximum atomic E-state index is 9.60. The first-order valence-corrected chi connectivity index (χ1v) is 8.54. The highest BCUT2D eigenvalue weighted by Crippen LogP contribution is 2.18. The summed E-state index contributed by atoms with van der Waals surface area (Å²) in [7, 11) is 0. The molecule has 1 aliphatic rings. The molecule has 2 N–H and O–H groups in total. The number of thiophene rings is 1. The van der Waals surface area contributed by atoms with Crippen molar-refractivity contribution in [2.75, 3.05) is 26.2 Å². The molecule has 114 valence electrons. The molecule has 1 fully saturated rings. The highest BCUT2D eigenvalue weighted by molar-refractivity contribution is 14.1. The van der Waals surface area contributed by atoms with Gasteiger partial charge in [-0.2, -0.15) is 0 Å². The predicted octanol–water partition coefficient (Wildman–Crippen LogP) is 2.55. The number of aliphatic imine (C=N–C) groups is 1. The number of halogens is 2. The van der Waals surface area contributed by atoms with Crippen LogP contribution in [-0.4, -0.2) is 48.2 Å². The molecule has 4 nitrogen and oxygen atoms in total. The van der Waals surface area contributed by atoms with Gasteiger partial charge >= 0.3 is 0 Å². The van der Waals surface area contributed by atoms with Gasteiger partial charge in [-0.25, -0.2) is 0 Å². The Labute approximate surface area is 155 Å². The molecule has 0 bridgehead atoms. The van der Waals surface area contributed by atoms with Crippen LogP contribution in [0, 0.1) is 2.88 Å². The molecule has 0 aromatic carbocycles. The Balaban J connectivity index is 0.00000200. The second kappa shape index (κ2) is 9.42.